The molecule has 38 heavy (non-hydrogen) atoms. The minimum absolute atomic E-state index is 0.151. The molecule has 2 aromatic heterocycles. The van der Waals surface area contributed by atoms with Crippen LogP contribution in [0.25, 0.3) is 33.4 Å². The highest BCUT2D eigenvalue weighted by Gasteiger charge is 2.25. The Morgan fingerprint density at radius 2 is 1.84 bits per heavy atom. The zero-order valence-electron chi connectivity index (χ0n) is 21.4. The van der Waals surface area contributed by atoms with E-state index in [4.69, 9.17) is 16.3 Å². The monoisotopic (exact) mass is 527 g/mol. The molecule has 0 spiro atoms. The Morgan fingerprint density at radius 3 is 2.61 bits per heavy atom. The number of ether oxygens (including phenoxy) is 1. The summed E-state index contributed by atoms with van der Waals surface area (Å²) in [5, 5.41) is 1.47. The lowest BCUT2D eigenvalue weighted by molar-refractivity contribution is -0.114. The van der Waals surface area contributed by atoms with Crippen molar-refractivity contribution in [2.24, 2.45) is 0 Å². The quantitative estimate of drug-likeness (QED) is 0.361. The number of H-pyrrole nitrogens is 1. The standard InChI is InChI=1S/C30H30ClN5O2/c1-3-26(37)36-16-17-38-25-9-8-22(18-24(25)36)27-28-23(31)10-11-32-30(28)33-29(27)21-6-4-20(5-7-21)19-35-14-12-34(2)13-15-35/h3-11,18H,1,12-17,19H2,2H3,(H,32,33). The maximum Gasteiger partial charge on any atom is 0.250 e. The van der Waals surface area contributed by atoms with Crippen LogP contribution in [-0.2, 0) is 11.3 Å². The largest absolute Gasteiger partial charge is 0.490 e. The van der Waals surface area contributed by atoms with Crippen LogP contribution in [0.4, 0.5) is 5.69 Å². The Hall–Kier alpha value is -3.65. The highest BCUT2D eigenvalue weighted by molar-refractivity contribution is 6.36. The van der Waals surface area contributed by atoms with Gasteiger partial charge in [-0.25, -0.2) is 4.98 Å². The van der Waals surface area contributed by atoms with Gasteiger partial charge in [0.05, 0.1) is 22.9 Å². The van der Waals surface area contributed by atoms with Crippen LogP contribution < -0.4 is 9.64 Å². The van der Waals surface area contributed by atoms with Gasteiger partial charge in [-0.3, -0.25) is 9.69 Å². The lowest BCUT2D eigenvalue weighted by Crippen LogP contribution is -2.43. The zero-order chi connectivity index (χ0) is 26.2. The molecule has 0 saturated carbocycles. The Bertz CT molecular complexity index is 1510. The topological polar surface area (TPSA) is 64.7 Å². The molecule has 0 radical (unpaired) electrons. The van der Waals surface area contributed by atoms with Crippen molar-refractivity contribution in [3.8, 4) is 28.1 Å². The number of hydrogen-bond donors (Lipinski definition) is 1. The molecule has 194 valence electrons. The van der Waals surface area contributed by atoms with Gasteiger partial charge in [0, 0.05) is 49.9 Å². The summed E-state index contributed by atoms with van der Waals surface area (Å²) >= 11 is 6.73. The highest BCUT2D eigenvalue weighted by Crippen LogP contribution is 2.44. The van der Waals surface area contributed by atoms with E-state index in [1.165, 1.54) is 11.6 Å². The fourth-order valence-electron chi connectivity index (χ4n) is 5.34. The number of nitrogens with zero attached hydrogens (tertiary/aromatic N) is 4. The summed E-state index contributed by atoms with van der Waals surface area (Å²) in [6, 6.07) is 16.4. The first kappa shape index (κ1) is 24.7. The van der Waals surface area contributed by atoms with Crippen molar-refractivity contribution in [1.29, 1.82) is 0 Å². The highest BCUT2D eigenvalue weighted by atomic mass is 35.5. The van der Waals surface area contributed by atoms with Gasteiger partial charge in [0.15, 0.2) is 0 Å². The lowest BCUT2D eigenvalue weighted by atomic mass is 9.97. The van der Waals surface area contributed by atoms with Gasteiger partial charge in [-0.1, -0.05) is 48.5 Å². The van der Waals surface area contributed by atoms with Crippen molar-refractivity contribution in [2.75, 3.05) is 51.3 Å². The predicted molar refractivity (Wildman–Crippen MR) is 153 cm³/mol. The normalized spacial score (nSPS) is 16.3. The first-order chi connectivity index (χ1) is 18.5. The molecule has 8 heteroatoms. The first-order valence-corrected chi connectivity index (χ1v) is 13.3. The number of likely N-dealkylation sites (N-methyl/N-ethyl adjacent to an activating group) is 1. The summed E-state index contributed by atoms with van der Waals surface area (Å²) in [7, 11) is 2.18. The van der Waals surface area contributed by atoms with Crippen molar-refractivity contribution in [3.05, 3.63) is 78.0 Å². The molecule has 2 aromatic carbocycles. The zero-order valence-corrected chi connectivity index (χ0v) is 22.2. The van der Waals surface area contributed by atoms with Crippen molar-refractivity contribution < 1.29 is 9.53 Å². The van der Waals surface area contributed by atoms with Crippen molar-refractivity contribution in [2.45, 2.75) is 6.54 Å². The maximum atomic E-state index is 12.6. The van der Waals surface area contributed by atoms with Gasteiger partial charge in [0.2, 0.25) is 0 Å². The number of amides is 1. The van der Waals surface area contributed by atoms with Crippen LogP contribution in [0, 0.1) is 0 Å². The van der Waals surface area contributed by atoms with Crippen LogP contribution in [0.3, 0.4) is 0 Å². The second kappa shape index (κ2) is 10.3. The van der Waals surface area contributed by atoms with E-state index < -0.39 is 0 Å². The summed E-state index contributed by atoms with van der Waals surface area (Å²) in [6.07, 6.45) is 3.04. The third kappa shape index (κ3) is 4.58. The van der Waals surface area contributed by atoms with E-state index >= 15 is 0 Å². The Balaban J connectivity index is 1.41. The summed E-state index contributed by atoms with van der Waals surface area (Å²) in [4.78, 5) is 27.2. The van der Waals surface area contributed by atoms with E-state index in [0.717, 1.165) is 71.8 Å². The smallest absolute Gasteiger partial charge is 0.250 e. The van der Waals surface area contributed by atoms with Gasteiger partial charge in [0.1, 0.15) is 18.0 Å². The number of aromatic amines is 1. The predicted octanol–water partition coefficient (Wildman–Crippen LogP) is 5.21. The lowest BCUT2D eigenvalue weighted by Gasteiger charge is -2.32. The third-order valence-corrected chi connectivity index (χ3v) is 7.75. The summed E-state index contributed by atoms with van der Waals surface area (Å²) in [6.45, 7) is 9.90. The number of halogens is 1. The second-order valence-corrected chi connectivity index (χ2v) is 10.3. The number of rotatable bonds is 5. The number of pyridine rings is 1. The number of carbonyl (C=O) groups is 1. The summed E-state index contributed by atoms with van der Waals surface area (Å²) in [5.41, 5.74) is 6.59. The van der Waals surface area contributed by atoms with Crippen LogP contribution in [0.1, 0.15) is 5.56 Å². The number of carbonyl (C=O) groups excluding carboxylic acids is 1. The Labute approximate surface area is 227 Å². The van der Waals surface area contributed by atoms with Crippen molar-refractivity contribution in [3.63, 3.8) is 0 Å². The molecule has 6 rings (SSSR count). The molecular formula is C30H30ClN5O2. The van der Waals surface area contributed by atoms with E-state index in [2.05, 4.69) is 57.7 Å². The fraction of sp³-hybridized carbons (Fsp3) is 0.267. The Kier molecular flexibility index (Phi) is 6.66. The number of benzene rings is 2. The molecule has 0 aliphatic carbocycles. The molecule has 0 atom stereocenters. The number of piperazine rings is 1. The molecule has 2 aliphatic heterocycles. The number of fused-ring (bicyclic) bond motifs is 2. The Morgan fingerprint density at radius 1 is 1.08 bits per heavy atom. The maximum absolute atomic E-state index is 12.6. The van der Waals surface area contributed by atoms with Gasteiger partial charge in [-0.05, 0) is 48.0 Å². The van der Waals surface area contributed by atoms with Crippen molar-refractivity contribution in [1.82, 2.24) is 19.8 Å². The van der Waals surface area contributed by atoms with Gasteiger partial charge in [0.25, 0.3) is 5.91 Å². The average molecular weight is 528 g/mol. The van der Waals surface area contributed by atoms with Crippen LogP contribution in [0.5, 0.6) is 5.75 Å². The number of anilines is 1. The first-order valence-electron chi connectivity index (χ1n) is 12.9. The van der Waals surface area contributed by atoms with Crippen LogP contribution >= 0.6 is 11.6 Å². The summed E-state index contributed by atoms with van der Waals surface area (Å²) < 4.78 is 5.85. The third-order valence-electron chi connectivity index (χ3n) is 7.44. The van der Waals surface area contributed by atoms with Gasteiger partial charge >= 0.3 is 0 Å². The average Bonchev–Trinajstić information content (AvgIpc) is 3.34. The molecule has 7 nitrogen and oxygen atoms in total. The van der Waals surface area contributed by atoms with E-state index in [9.17, 15) is 4.79 Å². The summed E-state index contributed by atoms with van der Waals surface area (Å²) in [5.74, 6) is 0.524. The fourth-order valence-corrected chi connectivity index (χ4v) is 5.58. The van der Waals surface area contributed by atoms with Gasteiger partial charge in [-0.2, -0.15) is 0 Å². The van der Waals surface area contributed by atoms with E-state index in [-0.39, 0.29) is 5.91 Å². The van der Waals surface area contributed by atoms with E-state index in [1.807, 2.05) is 18.2 Å². The number of nitrogens with one attached hydrogen (secondary N) is 1. The molecular weight excluding hydrogens is 498 g/mol. The molecule has 1 N–H and O–H groups in total. The number of hydrogen-bond acceptors (Lipinski definition) is 5. The molecule has 0 bridgehead atoms. The van der Waals surface area contributed by atoms with E-state index in [1.54, 1.807) is 17.2 Å². The molecule has 4 aromatic rings. The van der Waals surface area contributed by atoms with Crippen LogP contribution in [0.15, 0.2) is 67.4 Å². The molecule has 4 heterocycles. The minimum atomic E-state index is -0.151. The van der Waals surface area contributed by atoms with Crippen molar-refractivity contribution >= 4 is 34.2 Å². The van der Waals surface area contributed by atoms with Gasteiger partial charge < -0.3 is 19.5 Å². The number of aromatic nitrogens is 2. The molecule has 2 aliphatic rings. The second-order valence-electron chi connectivity index (χ2n) is 9.89. The molecule has 1 fully saturated rings. The molecule has 1 saturated heterocycles. The van der Waals surface area contributed by atoms with Crippen LogP contribution in [0.2, 0.25) is 5.02 Å². The SMILES string of the molecule is C=CC(=O)N1CCOc2ccc(-c3c(-c4ccc(CN5CCN(C)CC5)cc4)[nH]c4nccc(Cl)c34)cc21. The van der Waals surface area contributed by atoms with Gasteiger partial charge in [-0.15, -0.1) is 0 Å². The van der Waals surface area contributed by atoms with E-state index in [0.29, 0.717) is 23.9 Å². The van der Waals surface area contributed by atoms with Crippen LogP contribution in [-0.4, -0.2) is 72.1 Å². The molecule has 0 unspecified atom stereocenters. The molecule has 1 amide bonds. The minimum Gasteiger partial charge on any atom is -0.490 e.